The predicted molar refractivity (Wildman–Crippen MR) is 136 cm³/mol. The summed E-state index contributed by atoms with van der Waals surface area (Å²) in [4.78, 5) is 18.1. The van der Waals surface area contributed by atoms with Crippen LogP contribution in [0.5, 0.6) is 5.75 Å². The summed E-state index contributed by atoms with van der Waals surface area (Å²) in [6.45, 7) is 3.12. The Kier molecular flexibility index (Phi) is 5.19. The number of carbonyl (C=O) groups excluding carboxylic acids is 1. The van der Waals surface area contributed by atoms with E-state index in [4.69, 9.17) is 4.74 Å². The molecule has 2 aliphatic rings. The van der Waals surface area contributed by atoms with E-state index in [-0.39, 0.29) is 5.91 Å². The Hall–Kier alpha value is -3.97. The van der Waals surface area contributed by atoms with Crippen molar-refractivity contribution in [3.8, 4) is 44.9 Å². The number of methoxy groups -OCH3 is 1. The standard InChI is InChI=1S/C26H25N7O2S/c1-26(15-27)8-5-9-33(26)25(34)20-14-19(22-6-4-11-36-22)23-17-13-18(24-28-30-31(2)29-24)21(35-3)12-16(17)7-10-32(20)23/h4,6,11-14H,5,7-10H2,1-3H3/t26-/m1/s1. The summed E-state index contributed by atoms with van der Waals surface area (Å²) in [5.41, 5.74) is 4.76. The smallest absolute Gasteiger partial charge is 0.271 e. The van der Waals surface area contributed by atoms with Crippen LogP contribution in [0.25, 0.3) is 33.1 Å². The van der Waals surface area contributed by atoms with Crippen molar-refractivity contribution < 1.29 is 9.53 Å². The van der Waals surface area contributed by atoms with Crippen molar-refractivity contribution in [2.24, 2.45) is 7.05 Å². The third-order valence-electron chi connectivity index (χ3n) is 7.26. The van der Waals surface area contributed by atoms with Crippen molar-refractivity contribution in [1.82, 2.24) is 29.7 Å². The summed E-state index contributed by atoms with van der Waals surface area (Å²) in [6.07, 6.45) is 2.27. The normalized spacial score (nSPS) is 18.6. The van der Waals surface area contributed by atoms with Gasteiger partial charge in [-0.25, -0.2) is 0 Å². The van der Waals surface area contributed by atoms with Gasteiger partial charge in [-0.05, 0) is 66.6 Å². The highest BCUT2D eigenvalue weighted by molar-refractivity contribution is 7.13. The molecule has 1 atom stereocenters. The van der Waals surface area contributed by atoms with E-state index in [1.807, 2.05) is 30.5 Å². The fourth-order valence-electron chi connectivity index (χ4n) is 5.43. The summed E-state index contributed by atoms with van der Waals surface area (Å²) in [5.74, 6) is 1.09. The minimum Gasteiger partial charge on any atom is -0.496 e. The summed E-state index contributed by atoms with van der Waals surface area (Å²) in [6, 6.07) is 12.6. The molecular weight excluding hydrogens is 474 g/mol. The van der Waals surface area contributed by atoms with E-state index in [1.165, 1.54) is 4.80 Å². The van der Waals surface area contributed by atoms with Crippen molar-refractivity contribution in [2.75, 3.05) is 13.7 Å². The summed E-state index contributed by atoms with van der Waals surface area (Å²) in [7, 11) is 3.37. The van der Waals surface area contributed by atoms with Gasteiger partial charge in [0.05, 0.1) is 31.5 Å². The van der Waals surface area contributed by atoms with E-state index in [0.29, 0.717) is 36.8 Å². The highest BCUT2D eigenvalue weighted by atomic mass is 32.1. The van der Waals surface area contributed by atoms with Crippen LogP contribution < -0.4 is 4.74 Å². The first-order valence-electron chi connectivity index (χ1n) is 11.9. The quantitative estimate of drug-likeness (QED) is 0.418. The zero-order chi connectivity index (χ0) is 25.0. The van der Waals surface area contributed by atoms with E-state index < -0.39 is 5.54 Å². The first-order chi connectivity index (χ1) is 17.4. The SMILES string of the molecule is COc1cc2c(cc1-c1nnn(C)n1)-c1c(-c3cccs3)cc(C(=O)N3CCC[C@]3(C)C#N)n1CC2. The molecule has 9 nitrogen and oxygen atoms in total. The number of amides is 1. The average Bonchev–Trinajstić information content (AvgIpc) is 3.68. The molecule has 1 fully saturated rings. The Bertz CT molecular complexity index is 1530. The van der Waals surface area contributed by atoms with Gasteiger partial charge in [0.2, 0.25) is 5.82 Å². The van der Waals surface area contributed by atoms with Gasteiger partial charge in [0.1, 0.15) is 17.0 Å². The number of tetrazole rings is 1. The largest absolute Gasteiger partial charge is 0.496 e. The topological polar surface area (TPSA) is 102 Å². The lowest BCUT2D eigenvalue weighted by Crippen LogP contribution is -2.44. The van der Waals surface area contributed by atoms with E-state index in [9.17, 15) is 10.1 Å². The molecule has 1 amide bonds. The summed E-state index contributed by atoms with van der Waals surface area (Å²) < 4.78 is 7.82. The van der Waals surface area contributed by atoms with Crippen molar-refractivity contribution in [3.63, 3.8) is 0 Å². The van der Waals surface area contributed by atoms with Crippen molar-refractivity contribution >= 4 is 17.2 Å². The monoisotopic (exact) mass is 499 g/mol. The Morgan fingerprint density at radius 2 is 2.08 bits per heavy atom. The summed E-state index contributed by atoms with van der Waals surface area (Å²) >= 11 is 1.64. The van der Waals surface area contributed by atoms with Gasteiger partial charge in [-0.3, -0.25) is 4.79 Å². The molecule has 10 heteroatoms. The van der Waals surface area contributed by atoms with Gasteiger partial charge in [0.25, 0.3) is 5.91 Å². The maximum Gasteiger partial charge on any atom is 0.271 e. The Balaban J connectivity index is 1.56. The van der Waals surface area contributed by atoms with E-state index in [2.05, 4.69) is 38.2 Å². The molecule has 2 aliphatic heterocycles. The maximum atomic E-state index is 13.9. The second-order valence-electron chi connectivity index (χ2n) is 9.43. The van der Waals surface area contributed by atoms with E-state index in [0.717, 1.165) is 45.7 Å². The van der Waals surface area contributed by atoms with Crippen LogP contribution in [-0.2, 0) is 20.0 Å². The minimum absolute atomic E-state index is 0.0895. The molecule has 0 radical (unpaired) electrons. The lowest BCUT2D eigenvalue weighted by atomic mass is 9.93. The molecule has 0 saturated carbocycles. The van der Waals surface area contributed by atoms with Gasteiger partial charge in [-0.1, -0.05) is 6.07 Å². The maximum absolute atomic E-state index is 13.9. The molecule has 0 spiro atoms. The van der Waals surface area contributed by atoms with Gasteiger partial charge in [-0.15, -0.1) is 21.5 Å². The Morgan fingerprint density at radius 1 is 1.22 bits per heavy atom. The van der Waals surface area contributed by atoms with E-state index in [1.54, 1.807) is 30.4 Å². The molecule has 0 aliphatic carbocycles. The Morgan fingerprint density at radius 3 is 2.78 bits per heavy atom. The van der Waals surface area contributed by atoms with Crippen LogP contribution in [0, 0.1) is 11.3 Å². The zero-order valence-electron chi connectivity index (χ0n) is 20.4. The number of aryl methyl sites for hydroxylation is 2. The van der Waals surface area contributed by atoms with Crippen molar-refractivity contribution in [3.05, 3.63) is 47.0 Å². The molecular formula is C26H25N7O2S. The van der Waals surface area contributed by atoms with Gasteiger partial charge in [-0.2, -0.15) is 10.1 Å². The second kappa shape index (κ2) is 8.31. The molecule has 182 valence electrons. The lowest BCUT2D eigenvalue weighted by molar-refractivity contribution is 0.0682. The number of thiophene rings is 1. The van der Waals surface area contributed by atoms with Crippen LogP contribution >= 0.6 is 11.3 Å². The van der Waals surface area contributed by atoms with Crippen LogP contribution in [0.4, 0.5) is 0 Å². The molecule has 0 bridgehead atoms. The number of hydrogen-bond acceptors (Lipinski definition) is 7. The van der Waals surface area contributed by atoms with Gasteiger partial charge < -0.3 is 14.2 Å². The first kappa shape index (κ1) is 22.5. The number of nitrogens with zero attached hydrogens (tertiary/aromatic N) is 7. The molecule has 5 heterocycles. The predicted octanol–water partition coefficient (Wildman–Crippen LogP) is 4.16. The number of rotatable bonds is 4. The van der Waals surface area contributed by atoms with Crippen LogP contribution in [0.1, 0.15) is 35.8 Å². The van der Waals surface area contributed by atoms with Crippen molar-refractivity contribution in [1.29, 1.82) is 5.26 Å². The number of nitriles is 1. The van der Waals surface area contributed by atoms with E-state index >= 15 is 0 Å². The molecule has 1 saturated heterocycles. The molecule has 1 aromatic carbocycles. The third kappa shape index (κ3) is 3.34. The third-order valence-corrected chi connectivity index (χ3v) is 8.17. The van der Waals surface area contributed by atoms with Gasteiger partial charge in [0.15, 0.2) is 0 Å². The highest BCUT2D eigenvalue weighted by Gasteiger charge is 2.42. The molecule has 0 N–H and O–H groups in total. The number of fused-ring (bicyclic) bond motifs is 3. The molecule has 6 rings (SSSR count). The fourth-order valence-corrected chi connectivity index (χ4v) is 6.17. The Labute approximate surface area is 212 Å². The number of hydrogen-bond donors (Lipinski definition) is 0. The van der Waals surface area contributed by atoms with Gasteiger partial charge in [0, 0.05) is 29.1 Å². The molecule has 36 heavy (non-hydrogen) atoms. The number of likely N-dealkylation sites (tertiary alicyclic amines) is 1. The molecule has 4 aromatic rings. The molecule has 0 unspecified atom stereocenters. The number of ether oxygens (including phenoxy) is 1. The highest BCUT2D eigenvalue weighted by Crippen LogP contribution is 2.45. The first-order valence-corrected chi connectivity index (χ1v) is 12.8. The zero-order valence-corrected chi connectivity index (χ0v) is 21.2. The number of benzene rings is 1. The van der Waals surface area contributed by atoms with Crippen LogP contribution in [-0.4, -0.2) is 54.8 Å². The van der Waals surface area contributed by atoms with Crippen LogP contribution in [0.3, 0.4) is 0 Å². The minimum atomic E-state index is -0.782. The van der Waals surface area contributed by atoms with Crippen LogP contribution in [0.2, 0.25) is 0 Å². The second-order valence-corrected chi connectivity index (χ2v) is 10.4. The number of carbonyl (C=O) groups is 1. The van der Waals surface area contributed by atoms with Gasteiger partial charge >= 0.3 is 0 Å². The number of aromatic nitrogens is 5. The summed E-state index contributed by atoms with van der Waals surface area (Å²) in [5, 5.41) is 24.5. The fraction of sp³-hybridized carbons (Fsp3) is 0.346. The molecule has 3 aromatic heterocycles. The van der Waals surface area contributed by atoms with Crippen LogP contribution in [0.15, 0.2) is 35.7 Å². The average molecular weight is 500 g/mol. The van der Waals surface area contributed by atoms with Crippen molar-refractivity contribution in [2.45, 2.75) is 38.3 Å². The lowest BCUT2D eigenvalue weighted by Gasteiger charge is -2.30.